The third-order valence-electron chi connectivity index (χ3n) is 4.35. The van der Waals surface area contributed by atoms with Crippen LogP contribution >= 0.6 is 11.6 Å². The van der Waals surface area contributed by atoms with Gasteiger partial charge in [0.25, 0.3) is 5.91 Å². The number of carbonyl (C=O) groups is 2. The van der Waals surface area contributed by atoms with Gasteiger partial charge in [0.1, 0.15) is 5.75 Å². The monoisotopic (exact) mass is 414 g/mol. The summed E-state index contributed by atoms with van der Waals surface area (Å²) in [5.41, 5.74) is 2.32. The number of anilines is 1. The smallest absolute Gasteiger partial charge is 0.306 e. The Hall–Kier alpha value is -3.04. The van der Waals surface area contributed by atoms with Crippen molar-refractivity contribution in [1.82, 2.24) is 0 Å². The van der Waals surface area contributed by atoms with Crippen LogP contribution in [-0.2, 0) is 20.7 Å². The number of amides is 1. The predicted octanol–water partition coefficient (Wildman–Crippen LogP) is 4.08. The van der Waals surface area contributed by atoms with Crippen molar-refractivity contribution < 1.29 is 19.1 Å². The van der Waals surface area contributed by atoms with Crippen LogP contribution in [0.2, 0.25) is 5.02 Å². The summed E-state index contributed by atoms with van der Waals surface area (Å²) in [6, 6.07) is 14.6. The Balaban J connectivity index is 1.95. The molecule has 7 heteroatoms. The van der Waals surface area contributed by atoms with E-state index in [9.17, 15) is 9.59 Å². The Labute approximate surface area is 175 Å². The molecule has 0 saturated carbocycles. The fourth-order valence-corrected chi connectivity index (χ4v) is 2.91. The molecule has 0 bridgehead atoms. The average molecular weight is 415 g/mol. The molecule has 0 heterocycles. The van der Waals surface area contributed by atoms with Crippen molar-refractivity contribution in [2.45, 2.75) is 26.2 Å². The molecule has 0 aliphatic heterocycles. The van der Waals surface area contributed by atoms with Gasteiger partial charge in [-0.2, -0.15) is 5.26 Å². The van der Waals surface area contributed by atoms with Crippen LogP contribution in [0.4, 0.5) is 5.69 Å². The van der Waals surface area contributed by atoms with Gasteiger partial charge in [0, 0.05) is 23.7 Å². The lowest BCUT2D eigenvalue weighted by Gasteiger charge is -2.22. The van der Waals surface area contributed by atoms with Gasteiger partial charge in [-0.05, 0) is 48.7 Å². The Morgan fingerprint density at radius 2 is 1.97 bits per heavy atom. The van der Waals surface area contributed by atoms with Gasteiger partial charge in [-0.15, -0.1) is 0 Å². The van der Waals surface area contributed by atoms with Crippen LogP contribution in [0.1, 0.15) is 24.0 Å². The van der Waals surface area contributed by atoms with E-state index in [1.165, 1.54) is 4.90 Å². The van der Waals surface area contributed by atoms with Crippen LogP contribution in [0.15, 0.2) is 42.5 Å². The van der Waals surface area contributed by atoms with Gasteiger partial charge < -0.3 is 14.4 Å². The molecule has 0 aliphatic carbocycles. The molecular weight excluding hydrogens is 392 g/mol. The normalized spacial score (nSPS) is 10.1. The Morgan fingerprint density at radius 3 is 2.66 bits per heavy atom. The molecule has 0 aliphatic rings. The number of carbonyl (C=O) groups excluding carboxylic acids is 2. The largest absolute Gasteiger partial charge is 0.496 e. The molecular formula is C22H23ClN2O4. The van der Waals surface area contributed by atoms with E-state index in [-0.39, 0.29) is 19.4 Å². The SMILES string of the molecule is COc1ccccc1CCC(=O)OCC(=O)N(CCC#N)c1ccc(Cl)c(C)c1. The second-order valence-electron chi connectivity index (χ2n) is 6.36. The molecule has 2 aromatic rings. The molecule has 6 nitrogen and oxygen atoms in total. The maximum Gasteiger partial charge on any atom is 0.306 e. The van der Waals surface area contributed by atoms with Gasteiger partial charge >= 0.3 is 5.97 Å². The molecule has 2 aromatic carbocycles. The average Bonchev–Trinajstić information content (AvgIpc) is 2.73. The number of para-hydroxylation sites is 1. The molecule has 0 N–H and O–H groups in total. The molecule has 2 rings (SSSR count). The van der Waals surface area contributed by atoms with Crippen LogP contribution < -0.4 is 9.64 Å². The highest BCUT2D eigenvalue weighted by Crippen LogP contribution is 2.23. The van der Waals surface area contributed by atoms with Crippen molar-refractivity contribution in [3.63, 3.8) is 0 Å². The second-order valence-corrected chi connectivity index (χ2v) is 6.77. The molecule has 152 valence electrons. The number of hydrogen-bond acceptors (Lipinski definition) is 5. The number of esters is 1. The summed E-state index contributed by atoms with van der Waals surface area (Å²) in [6.45, 7) is 1.64. The third kappa shape index (κ3) is 6.51. The molecule has 1 amide bonds. The van der Waals surface area contributed by atoms with E-state index in [1.807, 2.05) is 37.3 Å². The summed E-state index contributed by atoms with van der Waals surface area (Å²) in [7, 11) is 1.57. The first-order valence-corrected chi connectivity index (χ1v) is 9.55. The van der Waals surface area contributed by atoms with Crippen LogP contribution in [0, 0.1) is 18.3 Å². The first kappa shape index (κ1) is 22.3. The lowest BCUT2D eigenvalue weighted by atomic mass is 10.1. The zero-order valence-corrected chi connectivity index (χ0v) is 17.2. The number of nitrogens with zero attached hydrogens (tertiary/aromatic N) is 2. The maximum absolute atomic E-state index is 12.6. The first-order chi connectivity index (χ1) is 14.0. The molecule has 0 saturated heterocycles. The van der Waals surface area contributed by atoms with Crippen molar-refractivity contribution in [3.05, 3.63) is 58.6 Å². The summed E-state index contributed by atoms with van der Waals surface area (Å²) in [6.07, 6.45) is 0.743. The number of nitriles is 1. The van der Waals surface area contributed by atoms with Gasteiger partial charge in [0.15, 0.2) is 6.61 Å². The maximum atomic E-state index is 12.6. The summed E-state index contributed by atoms with van der Waals surface area (Å²) in [5.74, 6) is -0.165. The van der Waals surface area contributed by atoms with E-state index < -0.39 is 18.5 Å². The Morgan fingerprint density at radius 1 is 1.21 bits per heavy atom. The summed E-state index contributed by atoms with van der Waals surface area (Å²) in [4.78, 5) is 26.1. The zero-order valence-electron chi connectivity index (χ0n) is 16.5. The first-order valence-electron chi connectivity index (χ1n) is 9.17. The molecule has 0 fully saturated rings. The van der Waals surface area contributed by atoms with Crippen molar-refractivity contribution in [3.8, 4) is 11.8 Å². The van der Waals surface area contributed by atoms with E-state index >= 15 is 0 Å². The van der Waals surface area contributed by atoms with E-state index in [1.54, 1.807) is 25.3 Å². The van der Waals surface area contributed by atoms with Crippen molar-refractivity contribution >= 4 is 29.2 Å². The zero-order chi connectivity index (χ0) is 21.2. The lowest BCUT2D eigenvalue weighted by molar-refractivity contribution is -0.147. The standard InChI is InChI=1S/C22H23ClN2O4/c1-16-14-18(9-10-19(16)23)25(13-5-12-24)21(26)15-29-22(27)11-8-17-6-3-4-7-20(17)28-2/h3-4,6-7,9-10,14H,5,8,11,13,15H2,1-2H3. The molecule has 0 aromatic heterocycles. The minimum Gasteiger partial charge on any atom is -0.496 e. The van der Waals surface area contributed by atoms with Crippen molar-refractivity contribution in [2.75, 3.05) is 25.2 Å². The number of halogens is 1. The van der Waals surface area contributed by atoms with Gasteiger partial charge in [0.05, 0.1) is 19.6 Å². The molecule has 0 spiro atoms. The van der Waals surface area contributed by atoms with Crippen LogP contribution in [0.25, 0.3) is 0 Å². The van der Waals surface area contributed by atoms with Gasteiger partial charge in [-0.25, -0.2) is 0 Å². The van der Waals surface area contributed by atoms with Gasteiger partial charge in [-0.3, -0.25) is 9.59 Å². The Kier molecular flexibility index (Phi) is 8.50. The number of hydrogen-bond donors (Lipinski definition) is 0. The minimum absolute atomic E-state index is 0.131. The quantitative estimate of drug-likeness (QED) is 0.577. The fourth-order valence-electron chi connectivity index (χ4n) is 2.79. The number of benzene rings is 2. The van der Waals surface area contributed by atoms with Crippen molar-refractivity contribution in [2.24, 2.45) is 0 Å². The van der Waals surface area contributed by atoms with E-state index in [0.717, 1.165) is 11.1 Å². The van der Waals surface area contributed by atoms with E-state index in [0.29, 0.717) is 22.9 Å². The van der Waals surface area contributed by atoms with E-state index in [4.69, 9.17) is 26.3 Å². The third-order valence-corrected chi connectivity index (χ3v) is 4.77. The number of methoxy groups -OCH3 is 1. The van der Waals surface area contributed by atoms with Gasteiger partial charge in [0.2, 0.25) is 0 Å². The molecule has 29 heavy (non-hydrogen) atoms. The number of aryl methyl sites for hydroxylation is 2. The fraction of sp³-hybridized carbons (Fsp3) is 0.318. The predicted molar refractivity (Wildman–Crippen MR) is 111 cm³/mol. The second kappa shape index (κ2) is 11.1. The van der Waals surface area contributed by atoms with Crippen LogP contribution in [-0.4, -0.2) is 32.1 Å². The Bertz CT molecular complexity index is 908. The topological polar surface area (TPSA) is 79.6 Å². The molecule has 0 radical (unpaired) electrons. The summed E-state index contributed by atoms with van der Waals surface area (Å²) in [5, 5.41) is 9.46. The highest BCUT2D eigenvalue weighted by molar-refractivity contribution is 6.31. The highest BCUT2D eigenvalue weighted by Gasteiger charge is 2.18. The number of rotatable bonds is 9. The van der Waals surface area contributed by atoms with Crippen molar-refractivity contribution in [1.29, 1.82) is 5.26 Å². The van der Waals surface area contributed by atoms with Gasteiger partial charge in [-0.1, -0.05) is 29.8 Å². The summed E-state index contributed by atoms with van der Waals surface area (Å²) >= 11 is 6.04. The summed E-state index contributed by atoms with van der Waals surface area (Å²) < 4.78 is 10.4. The molecule has 0 unspecified atom stereocenters. The minimum atomic E-state index is -0.475. The van der Waals surface area contributed by atoms with E-state index in [2.05, 4.69) is 0 Å². The van der Waals surface area contributed by atoms with Crippen LogP contribution in [0.5, 0.6) is 5.75 Å². The molecule has 0 atom stereocenters. The van der Waals surface area contributed by atoms with Crippen LogP contribution in [0.3, 0.4) is 0 Å². The number of ether oxygens (including phenoxy) is 2. The highest BCUT2D eigenvalue weighted by atomic mass is 35.5. The lowest BCUT2D eigenvalue weighted by Crippen LogP contribution is -2.35.